The monoisotopic (exact) mass is 315 g/mol. The van der Waals surface area contributed by atoms with Gasteiger partial charge in [0.2, 0.25) is 0 Å². The van der Waals surface area contributed by atoms with Crippen LogP contribution >= 0.6 is 11.8 Å². The minimum Gasteiger partial charge on any atom is -0.345 e. The molecule has 4 heteroatoms. The zero-order valence-electron chi connectivity index (χ0n) is 12.7. The second-order valence-electron chi connectivity index (χ2n) is 5.59. The largest absolute Gasteiger partial charge is 0.345 e. The van der Waals surface area contributed by atoms with Crippen molar-refractivity contribution in [2.45, 2.75) is 31.2 Å². The normalized spacial score (nSPS) is 17.0. The van der Waals surface area contributed by atoms with Crippen LogP contribution in [0.1, 0.15) is 39.5 Å². The van der Waals surface area contributed by atoms with Crippen LogP contribution in [0.4, 0.5) is 4.39 Å². The highest BCUT2D eigenvalue weighted by Gasteiger charge is 2.24. The van der Waals surface area contributed by atoms with E-state index < -0.39 is 0 Å². The van der Waals surface area contributed by atoms with Gasteiger partial charge in [0.25, 0.3) is 5.91 Å². The zero-order valence-corrected chi connectivity index (χ0v) is 13.5. The molecule has 1 amide bonds. The second kappa shape index (κ2) is 6.13. The standard InChI is InChI=1S/C18H18FNOS/c1-11-4-3-5-14(12(11)2)18(21)20-16-8-9-22-17-7-6-13(19)10-15(16)17/h3-7,10,16H,8-9H2,1-2H3,(H,20,21). The molecule has 0 fully saturated rings. The molecular weight excluding hydrogens is 297 g/mol. The topological polar surface area (TPSA) is 29.1 Å². The first-order chi connectivity index (χ1) is 10.6. The van der Waals surface area contributed by atoms with E-state index in [9.17, 15) is 9.18 Å². The van der Waals surface area contributed by atoms with E-state index in [4.69, 9.17) is 0 Å². The van der Waals surface area contributed by atoms with Crippen molar-refractivity contribution in [3.63, 3.8) is 0 Å². The summed E-state index contributed by atoms with van der Waals surface area (Å²) in [4.78, 5) is 13.6. The number of amides is 1. The Labute approximate surface area is 134 Å². The van der Waals surface area contributed by atoms with Crippen LogP contribution in [-0.2, 0) is 0 Å². The number of fused-ring (bicyclic) bond motifs is 1. The molecule has 114 valence electrons. The van der Waals surface area contributed by atoms with Crippen LogP contribution in [0, 0.1) is 19.7 Å². The third kappa shape index (κ3) is 2.88. The highest BCUT2D eigenvalue weighted by atomic mass is 32.2. The van der Waals surface area contributed by atoms with Gasteiger partial charge in [0.05, 0.1) is 6.04 Å². The number of thioether (sulfide) groups is 1. The number of halogens is 1. The van der Waals surface area contributed by atoms with E-state index in [1.165, 1.54) is 12.1 Å². The Kier molecular flexibility index (Phi) is 4.21. The van der Waals surface area contributed by atoms with Gasteiger partial charge in [0.1, 0.15) is 5.82 Å². The Morgan fingerprint density at radius 1 is 1.27 bits per heavy atom. The van der Waals surface area contributed by atoms with Crippen LogP contribution in [0.2, 0.25) is 0 Å². The van der Waals surface area contributed by atoms with Crippen LogP contribution in [0.5, 0.6) is 0 Å². The number of aryl methyl sites for hydroxylation is 1. The van der Waals surface area contributed by atoms with Crippen molar-refractivity contribution in [1.82, 2.24) is 5.32 Å². The molecule has 1 N–H and O–H groups in total. The van der Waals surface area contributed by atoms with E-state index >= 15 is 0 Å². The van der Waals surface area contributed by atoms with E-state index in [0.29, 0.717) is 5.56 Å². The molecule has 2 aromatic rings. The molecule has 1 aliphatic heterocycles. The molecule has 0 saturated heterocycles. The molecule has 1 heterocycles. The first-order valence-corrected chi connectivity index (χ1v) is 8.34. The van der Waals surface area contributed by atoms with E-state index in [0.717, 1.165) is 33.8 Å². The first kappa shape index (κ1) is 15.1. The molecule has 2 aromatic carbocycles. The summed E-state index contributed by atoms with van der Waals surface area (Å²) in [5.74, 6) is 0.580. The van der Waals surface area contributed by atoms with Gasteiger partial charge in [0.15, 0.2) is 0 Å². The Morgan fingerprint density at radius 2 is 2.09 bits per heavy atom. The summed E-state index contributed by atoms with van der Waals surface area (Å²) in [7, 11) is 0. The van der Waals surface area contributed by atoms with Crippen LogP contribution in [-0.4, -0.2) is 11.7 Å². The highest BCUT2D eigenvalue weighted by Crippen LogP contribution is 2.36. The number of hydrogen-bond acceptors (Lipinski definition) is 2. The fraction of sp³-hybridized carbons (Fsp3) is 0.278. The predicted octanol–water partition coefficient (Wildman–Crippen LogP) is 4.41. The van der Waals surface area contributed by atoms with Crippen molar-refractivity contribution in [2.24, 2.45) is 0 Å². The molecule has 1 unspecified atom stereocenters. The average molecular weight is 315 g/mol. The van der Waals surface area contributed by atoms with Gasteiger partial charge in [0, 0.05) is 16.2 Å². The molecule has 0 radical (unpaired) electrons. The number of nitrogens with one attached hydrogen (secondary N) is 1. The summed E-state index contributed by atoms with van der Waals surface area (Å²) in [5, 5.41) is 3.07. The maximum atomic E-state index is 13.5. The van der Waals surface area contributed by atoms with Crippen LogP contribution < -0.4 is 5.32 Å². The summed E-state index contributed by atoms with van der Waals surface area (Å²) < 4.78 is 13.5. The van der Waals surface area contributed by atoms with Crippen molar-refractivity contribution >= 4 is 17.7 Å². The summed E-state index contributed by atoms with van der Waals surface area (Å²) in [5.41, 5.74) is 3.66. The van der Waals surface area contributed by atoms with Gasteiger partial charge >= 0.3 is 0 Å². The Morgan fingerprint density at radius 3 is 2.91 bits per heavy atom. The van der Waals surface area contributed by atoms with E-state index in [1.807, 2.05) is 32.0 Å². The minimum absolute atomic E-state index is 0.0895. The lowest BCUT2D eigenvalue weighted by atomic mass is 10.00. The lowest BCUT2D eigenvalue weighted by Crippen LogP contribution is -2.31. The van der Waals surface area contributed by atoms with Gasteiger partial charge in [-0.15, -0.1) is 11.8 Å². The van der Waals surface area contributed by atoms with Gasteiger partial charge in [-0.25, -0.2) is 4.39 Å². The Balaban J connectivity index is 1.87. The van der Waals surface area contributed by atoms with Gasteiger partial charge in [-0.1, -0.05) is 12.1 Å². The molecule has 1 aliphatic rings. The van der Waals surface area contributed by atoms with Gasteiger partial charge in [-0.05, 0) is 61.2 Å². The lowest BCUT2D eigenvalue weighted by molar-refractivity contribution is 0.0934. The lowest BCUT2D eigenvalue weighted by Gasteiger charge is -2.26. The smallest absolute Gasteiger partial charge is 0.252 e. The van der Waals surface area contributed by atoms with Crippen LogP contribution in [0.3, 0.4) is 0 Å². The van der Waals surface area contributed by atoms with Crippen molar-refractivity contribution in [1.29, 1.82) is 0 Å². The van der Waals surface area contributed by atoms with Crippen molar-refractivity contribution in [3.05, 3.63) is 64.5 Å². The van der Waals surface area contributed by atoms with E-state index in [2.05, 4.69) is 5.32 Å². The third-order valence-electron chi connectivity index (χ3n) is 4.17. The summed E-state index contributed by atoms with van der Waals surface area (Å²) in [6, 6.07) is 10.4. The molecule has 0 aromatic heterocycles. The van der Waals surface area contributed by atoms with Crippen molar-refractivity contribution in [3.8, 4) is 0 Å². The number of benzene rings is 2. The summed E-state index contributed by atoms with van der Waals surface area (Å²) in [6.07, 6.45) is 0.817. The average Bonchev–Trinajstić information content (AvgIpc) is 2.50. The predicted molar refractivity (Wildman–Crippen MR) is 87.9 cm³/mol. The highest BCUT2D eigenvalue weighted by molar-refractivity contribution is 7.99. The molecule has 0 aliphatic carbocycles. The number of rotatable bonds is 2. The summed E-state index contributed by atoms with van der Waals surface area (Å²) >= 11 is 1.71. The molecular formula is C18H18FNOS. The maximum absolute atomic E-state index is 13.5. The molecule has 0 saturated carbocycles. The maximum Gasteiger partial charge on any atom is 0.252 e. The quantitative estimate of drug-likeness (QED) is 0.889. The zero-order chi connectivity index (χ0) is 15.7. The summed E-state index contributed by atoms with van der Waals surface area (Å²) in [6.45, 7) is 3.95. The SMILES string of the molecule is Cc1cccc(C(=O)NC2CCSc3ccc(F)cc32)c1C. The van der Waals surface area contributed by atoms with E-state index in [-0.39, 0.29) is 17.8 Å². The Bertz CT molecular complexity index is 729. The first-order valence-electron chi connectivity index (χ1n) is 7.35. The molecule has 1 atom stereocenters. The van der Waals surface area contributed by atoms with Crippen molar-refractivity contribution < 1.29 is 9.18 Å². The fourth-order valence-electron chi connectivity index (χ4n) is 2.75. The molecule has 0 spiro atoms. The molecule has 22 heavy (non-hydrogen) atoms. The van der Waals surface area contributed by atoms with Gasteiger partial charge in [-0.2, -0.15) is 0 Å². The molecule has 0 bridgehead atoms. The minimum atomic E-state index is -0.257. The number of carbonyl (C=O) groups is 1. The second-order valence-corrected chi connectivity index (χ2v) is 6.73. The van der Waals surface area contributed by atoms with Gasteiger partial charge < -0.3 is 5.32 Å². The third-order valence-corrected chi connectivity index (χ3v) is 5.29. The van der Waals surface area contributed by atoms with Crippen LogP contribution in [0.15, 0.2) is 41.3 Å². The fourth-order valence-corrected chi connectivity index (χ4v) is 3.85. The van der Waals surface area contributed by atoms with E-state index in [1.54, 1.807) is 17.8 Å². The number of carbonyl (C=O) groups excluding carboxylic acids is 1. The van der Waals surface area contributed by atoms with Gasteiger partial charge in [-0.3, -0.25) is 4.79 Å². The molecule has 2 nitrogen and oxygen atoms in total. The van der Waals surface area contributed by atoms with Crippen LogP contribution in [0.25, 0.3) is 0 Å². The Hall–Kier alpha value is -1.81. The number of hydrogen-bond donors (Lipinski definition) is 1. The molecule has 3 rings (SSSR count). The van der Waals surface area contributed by atoms with Crippen molar-refractivity contribution in [2.75, 3.05) is 5.75 Å².